The van der Waals surface area contributed by atoms with Gasteiger partial charge in [-0.15, -0.1) is 11.8 Å². The molecule has 3 N–H and O–H groups in total. The van der Waals surface area contributed by atoms with Crippen LogP contribution in [0.1, 0.15) is 49.1 Å². The van der Waals surface area contributed by atoms with Crippen molar-refractivity contribution in [2.24, 2.45) is 5.73 Å². The summed E-state index contributed by atoms with van der Waals surface area (Å²) in [7, 11) is 0. The van der Waals surface area contributed by atoms with Gasteiger partial charge in [0.1, 0.15) is 0 Å². The lowest BCUT2D eigenvalue weighted by atomic mass is 10.0. The first-order valence-electron chi connectivity index (χ1n) is 12.4. The number of nitrogens with two attached hydrogens (primary N) is 1. The van der Waals surface area contributed by atoms with Crippen molar-refractivity contribution in [2.75, 3.05) is 4.90 Å². The van der Waals surface area contributed by atoms with Gasteiger partial charge in [0.2, 0.25) is 11.8 Å². The van der Waals surface area contributed by atoms with Crippen LogP contribution < -0.4 is 16.0 Å². The number of amides is 3. The third-order valence-corrected chi connectivity index (χ3v) is 7.86. The number of carbonyl (C=O) groups excluding carboxylic acids is 3. The van der Waals surface area contributed by atoms with Crippen LogP contribution >= 0.6 is 11.8 Å². The molecule has 7 heteroatoms. The van der Waals surface area contributed by atoms with Crippen molar-refractivity contribution in [3.63, 3.8) is 0 Å². The highest BCUT2D eigenvalue weighted by molar-refractivity contribution is 7.99. The van der Waals surface area contributed by atoms with Gasteiger partial charge in [-0.2, -0.15) is 0 Å². The van der Waals surface area contributed by atoms with E-state index < -0.39 is 5.91 Å². The predicted molar refractivity (Wildman–Crippen MR) is 150 cm³/mol. The number of nitrogens with zero attached hydrogens (tertiary/aromatic N) is 1. The Morgan fingerprint density at radius 1 is 0.868 bits per heavy atom. The van der Waals surface area contributed by atoms with Gasteiger partial charge in [0, 0.05) is 34.2 Å². The van der Waals surface area contributed by atoms with Crippen molar-refractivity contribution >= 4 is 35.2 Å². The van der Waals surface area contributed by atoms with E-state index in [4.69, 9.17) is 5.73 Å². The van der Waals surface area contributed by atoms with Gasteiger partial charge in [-0.1, -0.05) is 72.8 Å². The van der Waals surface area contributed by atoms with Gasteiger partial charge in [-0.05, 0) is 47.0 Å². The predicted octanol–water partition coefficient (Wildman–Crippen LogP) is 5.49. The minimum Gasteiger partial charge on any atom is -0.366 e. The van der Waals surface area contributed by atoms with Crippen molar-refractivity contribution in [3.8, 4) is 0 Å². The van der Waals surface area contributed by atoms with E-state index >= 15 is 0 Å². The number of benzene rings is 4. The van der Waals surface area contributed by atoms with Gasteiger partial charge in [0.15, 0.2) is 0 Å². The van der Waals surface area contributed by atoms with Gasteiger partial charge >= 0.3 is 0 Å². The monoisotopic (exact) mass is 521 g/mol. The highest BCUT2D eigenvalue weighted by atomic mass is 32.2. The van der Waals surface area contributed by atoms with Gasteiger partial charge < -0.3 is 16.0 Å². The van der Waals surface area contributed by atoms with Crippen molar-refractivity contribution in [1.29, 1.82) is 0 Å². The summed E-state index contributed by atoms with van der Waals surface area (Å²) in [6.45, 7) is 0.711. The molecule has 1 aliphatic rings. The lowest BCUT2D eigenvalue weighted by molar-refractivity contribution is -0.118. The molecule has 3 amide bonds. The van der Waals surface area contributed by atoms with E-state index in [1.54, 1.807) is 40.9 Å². The molecule has 5 rings (SSSR count). The average Bonchev–Trinajstić information content (AvgIpc) is 3.08. The van der Waals surface area contributed by atoms with Crippen LogP contribution in [0.3, 0.4) is 0 Å². The number of primary amides is 1. The highest BCUT2D eigenvalue weighted by Gasteiger charge is 2.30. The zero-order valence-corrected chi connectivity index (χ0v) is 21.5. The fourth-order valence-electron chi connectivity index (χ4n) is 4.54. The molecule has 0 aromatic heterocycles. The fraction of sp³-hybridized carbons (Fsp3) is 0.129. The topological polar surface area (TPSA) is 92.5 Å². The van der Waals surface area contributed by atoms with E-state index in [0.717, 1.165) is 21.7 Å². The minimum absolute atomic E-state index is 0.0450. The summed E-state index contributed by atoms with van der Waals surface area (Å²) in [6.07, 6.45) is 0.275. The normalized spacial score (nSPS) is 14.9. The fourth-order valence-corrected chi connectivity index (χ4v) is 5.82. The molecule has 38 heavy (non-hydrogen) atoms. The second-order valence-corrected chi connectivity index (χ2v) is 10.3. The average molecular weight is 522 g/mol. The second kappa shape index (κ2) is 11.4. The molecule has 0 saturated heterocycles. The van der Waals surface area contributed by atoms with E-state index in [2.05, 4.69) is 5.32 Å². The first kappa shape index (κ1) is 25.3. The Bertz CT molecular complexity index is 1470. The molecule has 4 aromatic rings. The lowest BCUT2D eigenvalue weighted by Gasteiger charge is -2.23. The Hall–Kier alpha value is -4.36. The molecular weight excluding hydrogens is 494 g/mol. The third-order valence-electron chi connectivity index (χ3n) is 6.54. The summed E-state index contributed by atoms with van der Waals surface area (Å²) < 4.78 is 0. The molecule has 190 valence electrons. The van der Waals surface area contributed by atoms with Crippen molar-refractivity contribution < 1.29 is 14.4 Å². The summed E-state index contributed by atoms with van der Waals surface area (Å²) in [4.78, 5) is 40.9. The van der Waals surface area contributed by atoms with E-state index in [1.807, 2.05) is 78.9 Å². The zero-order chi connectivity index (χ0) is 26.5. The molecule has 0 bridgehead atoms. The standard InChI is InChI=1S/C31H27N3O3S/c32-30(36)25-11-5-4-10-24(25)20-34-26-12-6-7-13-27(26)38-28(18-29(34)35)22-14-16-23(17-15-22)31(37)33-19-21-8-2-1-3-9-21/h1-17,28H,18-20H2,(H2,32,36)(H,33,37). The number of hydrogen-bond acceptors (Lipinski definition) is 4. The van der Waals surface area contributed by atoms with Crippen LogP contribution in [0.25, 0.3) is 0 Å². The number of rotatable bonds is 7. The maximum absolute atomic E-state index is 13.6. The molecule has 6 nitrogen and oxygen atoms in total. The van der Waals surface area contributed by atoms with Gasteiger partial charge in [0.25, 0.3) is 5.91 Å². The van der Waals surface area contributed by atoms with Gasteiger partial charge in [-0.3, -0.25) is 14.4 Å². The highest BCUT2D eigenvalue weighted by Crippen LogP contribution is 2.46. The number of thioether (sulfide) groups is 1. The summed E-state index contributed by atoms with van der Waals surface area (Å²) >= 11 is 1.63. The molecule has 0 saturated carbocycles. The van der Waals surface area contributed by atoms with E-state index in [-0.39, 0.29) is 30.0 Å². The summed E-state index contributed by atoms with van der Waals surface area (Å²) in [5.74, 6) is -0.706. The molecule has 1 atom stereocenters. The van der Waals surface area contributed by atoms with E-state index in [9.17, 15) is 14.4 Å². The maximum atomic E-state index is 13.6. The van der Waals surface area contributed by atoms with E-state index in [1.165, 1.54) is 0 Å². The molecular formula is C31H27N3O3S. The van der Waals surface area contributed by atoms with Gasteiger partial charge in [0.05, 0.1) is 12.2 Å². The van der Waals surface area contributed by atoms with Crippen LogP contribution in [-0.4, -0.2) is 17.7 Å². The quantitative estimate of drug-likeness (QED) is 0.337. The Balaban J connectivity index is 1.35. The molecule has 0 fully saturated rings. The molecule has 0 spiro atoms. The van der Waals surface area contributed by atoms with Gasteiger partial charge in [-0.25, -0.2) is 0 Å². The largest absolute Gasteiger partial charge is 0.366 e. The number of fused-ring (bicyclic) bond motifs is 1. The SMILES string of the molecule is NC(=O)c1ccccc1CN1C(=O)CC(c2ccc(C(=O)NCc3ccccc3)cc2)Sc2ccccc21. The van der Waals surface area contributed by atoms with Crippen LogP contribution in [0.5, 0.6) is 0 Å². The Kier molecular flexibility index (Phi) is 7.56. The first-order chi connectivity index (χ1) is 18.5. The third kappa shape index (κ3) is 5.63. The Morgan fingerprint density at radius 2 is 1.55 bits per heavy atom. The number of para-hydroxylation sites is 1. The lowest BCUT2D eigenvalue weighted by Crippen LogP contribution is -2.31. The summed E-state index contributed by atoms with van der Waals surface area (Å²) in [5, 5.41) is 2.82. The number of hydrogen-bond donors (Lipinski definition) is 2. The first-order valence-corrected chi connectivity index (χ1v) is 13.2. The number of anilines is 1. The summed E-state index contributed by atoms with van der Waals surface area (Å²) in [5.41, 5.74) is 10.1. The minimum atomic E-state index is -0.517. The molecule has 1 aliphatic heterocycles. The Labute approximate surface area is 225 Å². The van der Waals surface area contributed by atoms with Crippen molar-refractivity contribution in [2.45, 2.75) is 29.7 Å². The maximum Gasteiger partial charge on any atom is 0.251 e. The smallest absolute Gasteiger partial charge is 0.251 e. The van der Waals surface area contributed by atoms with Crippen LogP contribution in [0.15, 0.2) is 108 Å². The molecule has 1 unspecified atom stereocenters. The molecule has 0 aliphatic carbocycles. The molecule has 4 aromatic carbocycles. The second-order valence-electron chi connectivity index (χ2n) is 9.07. The van der Waals surface area contributed by atoms with Crippen molar-refractivity contribution in [3.05, 3.63) is 131 Å². The van der Waals surface area contributed by atoms with Crippen LogP contribution in [0.4, 0.5) is 5.69 Å². The zero-order valence-electron chi connectivity index (χ0n) is 20.7. The van der Waals surface area contributed by atoms with Crippen LogP contribution in [0.2, 0.25) is 0 Å². The van der Waals surface area contributed by atoms with Crippen molar-refractivity contribution in [1.82, 2.24) is 5.32 Å². The number of carbonyl (C=O) groups is 3. The van der Waals surface area contributed by atoms with Crippen LogP contribution in [0, 0.1) is 0 Å². The molecule has 1 heterocycles. The number of nitrogens with one attached hydrogen (secondary N) is 1. The van der Waals surface area contributed by atoms with E-state index in [0.29, 0.717) is 23.2 Å². The Morgan fingerprint density at radius 3 is 2.32 bits per heavy atom. The molecule has 0 radical (unpaired) electrons. The van der Waals surface area contributed by atoms with Crippen LogP contribution in [-0.2, 0) is 17.9 Å². The summed E-state index contributed by atoms with van der Waals surface area (Å²) in [6, 6.07) is 32.1.